The lowest BCUT2D eigenvalue weighted by Crippen LogP contribution is -2.10. The zero-order valence-electron chi connectivity index (χ0n) is 10.5. The number of ether oxygens (including phenoxy) is 1. The van der Waals surface area contributed by atoms with Gasteiger partial charge in [0.1, 0.15) is 0 Å². The molecule has 0 N–H and O–H groups in total. The van der Waals surface area contributed by atoms with E-state index < -0.39 is 5.97 Å². The van der Waals surface area contributed by atoms with E-state index in [0.29, 0.717) is 11.3 Å². The minimum Gasteiger partial charge on any atom is -0.421 e. The molecule has 0 spiro atoms. The van der Waals surface area contributed by atoms with Gasteiger partial charge in [0.15, 0.2) is 5.75 Å². The third-order valence-electron chi connectivity index (χ3n) is 2.60. The summed E-state index contributed by atoms with van der Waals surface area (Å²) in [4.78, 5) is 11.7. The fraction of sp³-hybridized carbons (Fsp3) is 0.0625. The highest BCUT2D eigenvalue weighted by Gasteiger charge is 2.14. The van der Waals surface area contributed by atoms with Gasteiger partial charge in [-0.1, -0.05) is 49.0 Å². The minimum atomic E-state index is -0.402. The van der Waals surface area contributed by atoms with Crippen molar-refractivity contribution in [3.05, 3.63) is 64.3 Å². The van der Waals surface area contributed by atoms with Gasteiger partial charge in [-0.25, -0.2) is 4.79 Å². The first-order valence-corrected chi connectivity index (χ1v) is 6.89. The molecule has 0 aliphatic heterocycles. The van der Waals surface area contributed by atoms with Crippen LogP contribution in [-0.4, -0.2) is 5.97 Å². The zero-order valence-corrected chi connectivity index (χ0v) is 12.7. The van der Waals surface area contributed by atoms with Crippen LogP contribution in [0.25, 0.3) is 11.1 Å². The van der Waals surface area contributed by atoms with Gasteiger partial charge in [0, 0.05) is 11.1 Å². The summed E-state index contributed by atoms with van der Waals surface area (Å²) in [7, 11) is 0. The minimum absolute atomic E-state index is 0.388. The van der Waals surface area contributed by atoms with E-state index in [-0.39, 0.29) is 0 Å². The van der Waals surface area contributed by atoms with Crippen LogP contribution in [0.1, 0.15) is 6.92 Å². The lowest BCUT2D eigenvalue weighted by atomic mass is 10.0. The SMILES string of the molecule is C=C(C)C(=O)Oc1c(I)cccc1-c1ccccc1. The molecule has 0 amide bonds. The summed E-state index contributed by atoms with van der Waals surface area (Å²) in [5, 5.41) is 0. The van der Waals surface area contributed by atoms with Crippen LogP contribution in [0.5, 0.6) is 5.75 Å². The molecule has 96 valence electrons. The van der Waals surface area contributed by atoms with Crippen molar-refractivity contribution in [2.45, 2.75) is 6.92 Å². The Hall–Kier alpha value is -1.62. The Morgan fingerprint density at radius 2 is 1.79 bits per heavy atom. The van der Waals surface area contributed by atoms with E-state index in [1.807, 2.05) is 48.5 Å². The number of hydrogen-bond donors (Lipinski definition) is 0. The molecule has 0 saturated carbocycles. The number of carbonyl (C=O) groups excluding carboxylic acids is 1. The maximum absolute atomic E-state index is 11.7. The quantitative estimate of drug-likeness (QED) is 0.348. The average Bonchev–Trinajstić information content (AvgIpc) is 2.41. The van der Waals surface area contributed by atoms with Gasteiger partial charge in [-0.3, -0.25) is 0 Å². The first-order chi connectivity index (χ1) is 9.09. The lowest BCUT2D eigenvalue weighted by molar-refractivity contribution is -0.130. The molecule has 19 heavy (non-hydrogen) atoms. The van der Waals surface area contributed by atoms with Crippen LogP contribution in [0.3, 0.4) is 0 Å². The molecule has 0 radical (unpaired) electrons. The van der Waals surface area contributed by atoms with Gasteiger partial charge in [-0.15, -0.1) is 0 Å². The highest BCUT2D eigenvalue weighted by atomic mass is 127. The molecular weight excluding hydrogens is 351 g/mol. The summed E-state index contributed by atoms with van der Waals surface area (Å²) >= 11 is 2.16. The van der Waals surface area contributed by atoms with E-state index in [2.05, 4.69) is 29.2 Å². The van der Waals surface area contributed by atoms with Crippen molar-refractivity contribution in [3.63, 3.8) is 0 Å². The van der Waals surface area contributed by atoms with E-state index in [9.17, 15) is 4.79 Å². The number of rotatable bonds is 3. The smallest absolute Gasteiger partial charge is 0.338 e. The Morgan fingerprint density at radius 1 is 1.11 bits per heavy atom. The van der Waals surface area contributed by atoms with Gasteiger partial charge in [-0.05, 0) is 41.1 Å². The molecule has 0 aliphatic carbocycles. The van der Waals surface area contributed by atoms with E-state index >= 15 is 0 Å². The van der Waals surface area contributed by atoms with Crippen molar-refractivity contribution in [3.8, 4) is 16.9 Å². The summed E-state index contributed by atoms with van der Waals surface area (Å²) in [6.45, 7) is 5.25. The molecule has 0 aromatic heterocycles. The maximum Gasteiger partial charge on any atom is 0.338 e. The van der Waals surface area contributed by atoms with Crippen LogP contribution in [0.15, 0.2) is 60.7 Å². The van der Waals surface area contributed by atoms with Crippen molar-refractivity contribution in [2.24, 2.45) is 0 Å². The molecule has 0 heterocycles. The summed E-state index contributed by atoms with van der Waals surface area (Å²) in [6.07, 6.45) is 0. The number of benzene rings is 2. The standard InChI is InChI=1S/C16H13IO2/c1-11(2)16(18)19-15-13(9-6-10-14(15)17)12-7-4-3-5-8-12/h3-10H,1H2,2H3. The summed E-state index contributed by atoms with van der Waals surface area (Å²) in [6, 6.07) is 15.7. The summed E-state index contributed by atoms with van der Waals surface area (Å²) < 4.78 is 6.34. The Labute approximate surface area is 126 Å². The van der Waals surface area contributed by atoms with Crippen molar-refractivity contribution < 1.29 is 9.53 Å². The van der Waals surface area contributed by atoms with Crippen molar-refractivity contribution in [2.75, 3.05) is 0 Å². The third-order valence-corrected chi connectivity index (χ3v) is 3.44. The van der Waals surface area contributed by atoms with Crippen LogP contribution >= 0.6 is 22.6 Å². The molecule has 2 nitrogen and oxygen atoms in total. The number of para-hydroxylation sites is 1. The van der Waals surface area contributed by atoms with Crippen LogP contribution in [0.2, 0.25) is 0 Å². The molecule has 0 atom stereocenters. The van der Waals surface area contributed by atoms with Gasteiger partial charge in [0.2, 0.25) is 0 Å². The van der Waals surface area contributed by atoms with Crippen molar-refractivity contribution in [1.29, 1.82) is 0 Å². The number of esters is 1. The average molecular weight is 364 g/mol. The Kier molecular flexibility index (Phi) is 4.37. The molecule has 0 saturated heterocycles. The molecule has 3 heteroatoms. The monoisotopic (exact) mass is 364 g/mol. The van der Waals surface area contributed by atoms with E-state index in [1.165, 1.54) is 0 Å². The van der Waals surface area contributed by atoms with Gasteiger partial charge in [0.05, 0.1) is 3.57 Å². The van der Waals surface area contributed by atoms with E-state index in [0.717, 1.165) is 14.7 Å². The molecule has 0 aliphatic rings. The van der Waals surface area contributed by atoms with Crippen LogP contribution in [0, 0.1) is 3.57 Å². The van der Waals surface area contributed by atoms with Crippen LogP contribution in [0.4, 0.5) is 0 Å². The molecule has 2 aromatic carbocycles. The second-order valence-electron chi connectivity index (χ2n) is 4.15. The highest BCUT2D eigenvalue weighted by molar-refractivity contribution is 14.1. The predicted octanol–water partition coefficient (Wildman–Crippen LogP) is 4.44. The van der Waals surface area contributed by atoms with E-state index in [4.69, 9.17) is 4.74 Å². The maximum atomic E-state index is 11.7. The second-order valence-corrected chi connectivity index (χ2v) is 5.31. The lowest BCUT2D eigenvalue weighted by Gasteiger charge is -2.12. The third kappa shape index (κ3) is 3.23. The number of halogens is 1. The molecule has 2 aromatic rings. The Balaban J connectivity index is 2.48. The fourth-order valence-corrected chi connectivity index (χ4v) is 2.25. The predicted molar refractivity (Wildman–Crippen MR) is 85.0 cm³/mol. The topological polar surface area (TPSA) is 26.3 Å². The first kappa shape index (κ1) is 13.8. The summed E-state index contributed by atoms with van der Waals surface area (Å²) in [5.74, 6) is 0.184. The van der Waals surface area contributed by atoms with Crippen molar-refractivity contribution >= 4 is 28.6 Å². The van der Waals surface area contributed by atoms with Crippen LogP contribution < -0.4 is 4.74 Å². The zero-order chi connectivity index (χ0) is 13.8. The molecule has 0 unspecified atom stereocenters. The molecule has 0 bridgehead atoms. The number of hydrogen-bond acceptors (Lipinski definition) is 2. The molecule has 2 rings (SSSR count). The normalized spacial score (nSPS) is 10.0. The molecular formula is C16H13IO2. The Bertz CT molecular complexity index is 618. The van der Waals surface area contributed by atoms with Gasteiger partial charge >= 0.3 is 5.97 Å². The Morgan fingerprint density at radius 3 is 2.42 bits per heavy atom. The van der Waals surface area contributed by atoms with E-state index in [1.54, 1.807) is 6.92 Å². The fourth-order valence-electron chi connectivity index (χ4n) is 1.64. The first-order valence-electron chi connectivity index (χ1n) is 5.81. The second kappa shape index (κ2) is 6.02. The number of carbonyl (C=O) groups is 1. The van der Waals surface area contributed by atoms with Gasteiger partial charge < -0.3 is 4.74 Å². The molecule has 0 fully saturated rings. The largest absolute Gasteiger partial charge is 0.421 e. The highest BCUT2D eigenvalue weighted by Crippen LogP contribution is 2.34. The van der Waals surface area contributed by atoms with Crippen LogP contribution in [-0.2, 0) is 4.79 Å². The van der Waals surface area contributed by atoms with Gasteiger partial charge in [0.25, 0.3) is 0 Å². The van der Waals surface area contributed by atoms with Crippen molar-refractivity contribution in [1.82, 2.24) is 0 Å². The van der Waals surface area contributed by atoms with Gasteiger partial charge in [-0.2, -0.15) is 0 Å². The summed E-state index contributed by atoms with van der Waals surface area (Å²) in [5.41, 5.74) is 2.31.